The number of hydrogen-bond acceptors (Lipinski definition) is 4. The van der Waals surface area contributed by atoms with Crippen molar-refractivity contribution < 1.29 is 4.74 Å². The number of nitrogens with one attached hydrogen (secondary N) is 1. The van der Waals surface area contributed by atoms with E-state index in [9.17, 15) is 0 Å². The Morgan fingerprint density at radius 1 is 1.38 bits per heavy atom. The Labute approximate surface area is 131 Å². The minimum atomic E-state index is 0.784. The number of nitrogens with zero attached hydrogens (tertiary/aromatic N) is 2. The monoisotopic (exact) mass is 307 g/mol. The van der Waals surface area contributed by atoms with E-state index in [4.69, 9.17) is 4.74 Å². The first-order chi connectivity index (χ1) is 10.2. The van der Waals surface area contributed by atoms with E-state index in [1.807, 2.05) is 25.2 Å². The summed E-state index contributed by atoms with van der Waals surface area (Å²) < 4.78 is 7.59. The van der Waals surface area contributed by atoms with E-state index in [0.29, 0.717) is 0 Å². The summed E-state index contributed by atoms with van der Waals surface area (Å²) in [7, 11) is 0. The summed E-state index contributed by atoms with van der Waals surface area (Å²) in [6.45, 7) is 9.64. The Morgan fingerprint density at radius 2 is 2.24 bits per heavy atom. The summed E-state index contributed by atoms with van der Waals surface area (Å²) in [4.78, 5) is 5.98. The second kappa shape index (κ2) is 8.20. The summed E-state index contributed by atoms with van der Waals surface area (Å²) in [5.74, 6) is 0.958. The zero-order chi connectivity index (χ0) is 15.1. The molecule has 4 nitrogen and oxygen atoms in total. The first-order valence-electron chi connectivity index (χ1n) is 7.65. The summed E-state index contributed by atoms with van der Waals surface area (Å²) in [5.41, 5.74) is 2.48. The van der Waals surface area contributed by atoms with Gasteiger partial charge in [-0.2, -0.15) is 0 Å². The highest BCUT2D eigenvalue weighted by Gasteiger charge is 2.07. The van der Waals surface area contributed by atoms with Crippen LogP contribution >= 0.6 is 11.3 Å². The molecule has 0 aliphatic heterocycles. The minimum absolute atomic E-state index is 0.784. The van der Waals surface area contributed by atoms with Crippen LogP contribution in [0.25, 0.3) is 0 Å². The molecule has 0 aliphatic carbocycles. The second-order valence-corrected chi connectivity index (χ2v) is 6.03. The van der Waals surface area contributed by atoms with E-state index in [1.165, 1.54) is 10.4 Å². The molecule has 2 heterocycles. The van der Waals surface area contributed by atoms with Crippen LogP contribution in [0.2, 0.25) is 0 Å². The van der Waals surface area contributed by atoms with Crippen molar-refractivity contribution in [3.8, 4) is 0 Å². The van der Waals surface area contributed by atoms with Gasteiger partial charge in [0.05, 0.1) is 12.2 Å². The van der Waals surface area contributed by atoms with Crippen LogP contribution in [0.5, 0.6) is 0 Å². The second-order valence-electron chi connectivity index (χ2n) is 5.03. The topological polar surface area (TPSA) is 39.1 Å². The lowest BCUT2D eigenvalue weighted by molar-refractivity contribution is 0.142. The Balaban J connectivity index is 1.93. The van der Waals surface area contributed by atoms with Gasteiger partial charge in [0, 0.05) is 30.8 Å². The average molecular weight is 307 g/mol. The maximum absolute atomic E-state index is 5.40. The maximum atomic E-state index is 5.40. The summed E-state index contributed by atoms with van der Waals surface area (Å²) in [5, 5.41) is 5.64. The van der Waals surface area contributed by atoms with Crippen molar-refractivity contribution in [3.05, 3.63) is 33.8 Å². The first-order valence-corrected chi connectivity index (χ1v) is 8.53. The molecule has 0 bridgehead atoms. The molecule has 1 N–H and O–H groups in total. The van der Waals surface area contributed by atoms with Crippen molar-refractivity contribution >= 4 is 17.3 Å². The molecule has 2 aromatic heterocycles. The molecular weight excluding hydrogens is 282 g/mol. The predicted octanol–water partition coefficient (Wildman–Crippen LogP) is 3.85. The fourth-order valence-corrected chi connectivity index (χ4v) is 3.25. The SMILES string of the molecule is CCOCCCn1cc(C)nc1NCc1sccc1CC. The third kappa shape index (κ3) is 4.58. The quantitative estimate of drug-likeness (QED) is 0.715. The van der Waals surface area contributed by atoms with Crippen LogP contribution in [-0.4, -0.2) is 22.8 Å². The summed E-state index contributed by atoms with van der Waals surface area (Å²) >= 11 is 1.81. The average Bonchev–Trinajstić information content (AvgIpc) is 3.07. The lowest BCUT2D eigenvalue weighted by atomic mass is 10.2. The highest BCUT2D eigenvalue weighted by Crippen LogP contribution is 2.19. The van der Waals surface area contributed by atoms with Crippen LogP contribution in [0.3, 0.4) is 0 Å². The normalized spacial score (nSPS) is 11.0. The van der Waals surface area contributed by atoms with Gasteiger partial charge in [-0.1, -0.05) is 6.92 Å². The van der Waals surface area contributed by atoms with Gasteiger partial charge in [0.1, 0.15) is 0 Å². The minimum Gasteiger partial charge on any atom is -0.382 e. The van der Waals surface area contributed by atoms with E-state index < -0.39 is 0 Å². The number of anilines is 1. The Hall–Kier alpha value is -1.33. The van der Waals surface area contributed by atoms with Crippen LogP contribution in [0.1, 0.15) is 36.4 Å². The number of ether oxygens (including phenoxy) is 1. The molecule has 0 amide bonds. The van der Waals surface area contributed by atoms with Crippen molar-refractivity contribution in [1.29, 1.82) is 0 Å². The largest absolute Gasteiger partial charge is 0.382 e. The van der Waals surface area contributed by atoms with Gasteiger partial charge in [0.2, 0.25) is 5.95 Å². The molecule has 2 aromatic rings. The highest BCUT2D eigenvalue weighted by molar-refractivity contribution is 7.10. The molecule has 0 aromatic carbocycles. The maximum Gasteiger partial charge on any atom is 0.203 e. The molecule has 21 heavy (non-hydrogen) atoms. The van der Waals surface area contributed by atoms with Crippen LogP contribution in [0, 0.1) is 6.92 Å². The number of imidazole rings is 1. The van der Waals surface area contributed by atoms with Gasteiger partial charge in [0.15, 0.2) is 0 Å². The Bertz CT molecular complexity index is 547. The van der Waals surface area contributed by atoms with Crippen molar-refractivity contribution in [2.45, 2.75) is 46.7 Å². The van der Waals surface area contributed by atoms with E-state index in [-0.39, 0.29) is 0 Å². The zero-order valence-electron chi connectivity index (χ0n) is 13.2. The van der Waals surface area contributed by atoms with E-state index >= 15 is 0 Å². The Morgan fingerprint density at radius 3 is 3.00 bits per heavy atom. The van der Waals surface area contributed by atoms with Crippen molar-refractivity contribution in [3.63, 3.8) is 0 Å². The van der Waals surface area contributed by atoms with Gasteiger partial charge in [-0.15, -0.1) is 11.3 Å². The smallest absolute Gasteiger partial charge is 0.203 e. The molecule has 0 saturated heterocycles. The van der Waals surface area contributed by atoms with Crippen molar-refractivity contribution in [2.24, 2.45) is 0 Å². The standard InChI is InChI=1S/C16H25N3OS/c1-4-14-7-10-21-15(14)11-17-16-18-13(3)12-19(16)8-6-9-20-5-2/h7,10,12H,4-6,8-9,11H2,1-3H3,(H,17,18). The van der Waals surface area contributed by atoms with Gasteiger partial charge in [-0.05, 0) is 43.7 Å². The summed E-state index contributed by atoms with van der Waals surface area (Å²) in [6, 6.07) is 2.21. The number of rotatable bonds is 9. The number of aryl methyl sites for hydroxylation is 3. The van der Waals surface area contributed by atoms with Gasteiger partial charge in [-0.3, -0.25) is 0 Å². The van der Waals surface area contributed by atoms with Crippen LogP contribution in [0.4, 0.5) is 5.95 Å². The number of thiophene rings is 1. The fraction of sp³-hybridized carbons (Fsp3) is 0.562. The third-order valence-electron chi connectivity index (χ3n) is 3.41. The molecular formula is C16H25N3OS. The molecule has 5 heteroatoms. The van der Waals surface area contributed by atoms with Crippen LogP contribution < -0.4 is 5.32 Å². The molecule has 0 spiro atoms. The van der Waals surface area contributed by atoms with Gasteiger partial charge >= 0.3 is 0 Å². The summed E-state index contributed by atoms with van der Waals surface area (Å²) in [6.07, 6.45) is 4.20. The van der Waals surface area contributed by atoms with Gasteiger partial charge < -0.3 is 14.6 Å². The highest BCUT2D eigenvalue weighted by atomic mass is 32.1. The van der Waals surface area contributed by atoms with Gasteiger partial charge in [0.25, 0.3) is 0 Å². The number of aromatic nitrogens is 2. The van der Waals surface area contributed by atoms with Crippen molar-refractivity contribution in [1.82, 2.24) is 9.55 Å². The molecule has 116 valence electrons. The lowest BCUT2D eigenvalue weighted by Crippen LogP contribution is -2.09. The number of hydrogen-bond donors (Lipinski definition) is 1. The predicted molar refractivity (Wildman–Crippen MR) is 89.1 cm³/mol. The molecule has 0 aliphatic rings. The molecule has 0 radical (unpaired) electrons. The molecule has 0 fully saturated rings. The lowest BCUT2D eigenvalue weighted by Gasteiger charge is -2.10. The van der Waals surface area contributed by atoms with E-state index in [2.05, 4.69) is 39.4 Å². The van der Waals surface area contributed by atoms with Crippen LogP contribution in [0.15, 0.2) is 17.6 Å². The molecule has 0 saturated carbocycles. The van der Waals surface area contributed by atoms with Gasteiger partial charge in [-0.25, -0.2) is 4.98 Å². The van der Waals surface area contributed by atoms with Crippen LogP contribution in [-0.2, 0) is 24.2 Å². The fourth-order valence-electron chi connectivity index (χ4n) is 2.34. The molecule has 0 unspecified atom stereocenters. The van der Waals surface area contributed by atoms with E-state index in [0.717, 1.165) is 50.8 Å². The van der Waals surface area contributed by atoms with Crippen molar-refractivity contribution in [2.75, 3.05) is 18.5 Å². The molecule has 0 atom stereocenters. The first kappa shape index (κ1) is 16.0. The Kier molecular flexibility index (Phi) is 6.26. The molecule has 2 rings (SSSR count). The third-order valence-corrected chi connectivity index (χ3v) is 4.38. The zero-order valence-corrected chi connectivity index (χ0v) is 14.0. The van der Waals surface area contributed by atoms with E-state index in [1.54, 1.807) is 0 Å².